The van der Waals surface area contributed by atoms with E-state index in [0.29, 0.717) is 0 Å². The van der Waals surface area contributed by atoms with E-state index in [-0.39, 0.29) is 0 Å². The fourth-order valence-electron chi connectivity index (χ4n) is 2.26. The summed E-state index contributed by atoms with van der Waals surface area (Å²) in [7, 11) is 0. The van der Waals surface area contributed by atoms with Gasteiger partial charge in [0.05, 0.1) is 0 Å². The van der Waals surface area contributed by atoms with Crippen molar-refractivity contribution in [3.63, 3.8) is 0 Å². The van der Waals surface area contributed by atoms with Crippen molar-refractivity contribution in [1.29, 1.82) is 0 Å². The molecular formula is C16H12Cl. The third kappa shape index (κ3) is 2.01. The molecule has 0 bridgehead atoms. The Balaban J connectivity index is 2.12. The first-order valence-electron chi connectivity index (χ1n) is 5.71. The van der Waals surface area contributed by atoms with E-state index in [9.17, 15) is 0 Å². The van der Waals surface area contributed by atoms with Gasteiger partial charge in [-0.3, -0.25) is 0 Å². The molecule has 0 fully saturated rings. The molecule has 0 heterocycles. The fraction of sp³-hybridized carbons (Fsp3) is 0.0625. The highest BCUT2D eigenvalue weighted by molar-refractivity contribution is 6.30. The fourth-order valence-corrected chi connectivity index (χ4v) is 2.48. The molecule has 0 saturated carbocycles. The van der Waals surface area contributed by atoms with Crippen molar-refractivity contribution >= 4 is 22.4 Å². The Labute approximate surface area is 106 Å². The minimum Gasteiger partial charge on any atom is -0.0891 e. The third-order valence-corrected chi connectivity index (χ3v) is 3.33. The van der Waals surface area contributed by atoms with Gasteiger partial charge in [-0.25, -0.2) is 0 Å². The van der Waals surface area contributed by atoms with Crippen LogP contribution in [0.15, 0.2) is 65.7 Å². The van der Waals surface area contributed by atoms with Gasteiger partial charge in [-0.1, -0.05) is 66.2 Å². The first kappa shape index (κ1) is 10.6. The zero-order valence-electron chi connectivity index (χ0n) is 9.36. The van der Waals surface area contributed by atoms with Crippen LogP contribution in [0, 0.1) is 5.92 Å². The summed E-state index contributed by atoms with van der Waals surface area (Å²) in [4.78, 5) is 0. The van der Waals surface area contributed by atoms with Crippen LogP contribution in [-0.4, -0.2) is 0 Å². The third-order valence-electron chi connectivity index (χ3n) is 3.07. The molecule has 2 aromatic rings. The van der Waals surface area contributed by atoms with Gasteiger partial charge < -0.3 is 0 Å². The summed E-state index contributed by atoms with van der Waals surface area (Å²) < 4.78 is 0. The van der Waals surface area contributed by atoms with Crippen LogP contribution in [0.25, 0.3) is 10.8 Å². The molecule has 0 amide bonds. The van der Waals surface area contributed by atoms with Crippen LogP contribution in [-0.2, 0) is 0 Å². The van der Waals surface area contributed by atoms with Crippen LogP contribution in [0.4, 0.5) is 0 Å². The number of fused-ring (bicyclic) bond motifs is 1. The highest BCUT2D eigenvalue weighted by Gasteiger charge is 2.15. The largest absolute Gasteiger partial charge is 0.0891 e. The summed E-state index contributed by atoms with van der Waals surface area (Å²) in [5, 5.41) is 3.47. The SMILES string of the molecule is ClC1=CC=C[C](c2cccc3ccccc23)C1. The maximum absolute atomic E-state index is 6.10. The van der Waals surface area contributed by atoms with Gasteiger partial charge in [0.1, 0.15) is 0 Å². The van der Waals surface area contributed by atoms with E-state index < -0.39 is 0 Å². The Kier molecular flexibility index (Phi) is 2.74. The van der Waals surface area contributed by atoms with E-state index >= 15 is 0 Å². The monoisotopic (exact) mass is 239 g/mol. The lowest BCUT2D eigenvalue weighted by Crippen LogP contribution is -2.00. The second kappa shape index (κ2) is 4.38. The van der Waals surface area contributed by atoms with Crippen molar-refractivity contribution in [3.8, 4) is 0 Å². The first-order chi connectivity index (χ1) is 8.34. The smallest absolute Gasteiger partial charge is 0.0325 e. The van der Waals surface area contributed by atoms with Crippen LogP contribution in [0.3, 0.4) is 0 Å². The number of hydrogen-bond donors (Lipinski definition) is 0. The average Bonchev–Trinajstić information content (AvgIpc) is 2.38. The Hall–Kier alpha value is -1.53. The maximum Gasteiger partial charge on any atom is 0.0325 e. The lowest BCUT2D eigenvalue weighted by atomic mass is 9.89. The molecule has 1 aliphatic rings. The van der Waals surface area contributed by atoms with Crippen molar-refractivity contribution in [2.75, 3.05) is 0 Å². The predicted molar refractivity (Wildman–Crippen MR) is 74.0 cm³/mol. The molecular weight excluding hydrogens is 228 g/mol. The van der Waals surface area contributed by atoms with Crippen LogP contribution < -0.4 is 0 Å². The van der Waals surface area contributed by atoms with E-state index in [0.717, 1.165) is 11.5 Å². The van der Waals surface area contributed by atoms with Gasteiger partial charge in [0, 0.05) is 11.0 Å². The van der Waals surface area contributed by atoms with Gasteiger partial charge in [0.25, 0.3) is 0 Å². The van der Waals surface area contributed by atoms with Crippen molar-refractivity contribution < 1.29 is 0 Å². The van der Waals surface area contributed by atoms with Gasteiger partial charge in [0.15, 0.2) is 0 Å². The van der Waals surface area contributed by atoms with E-state index in [1.807, 2.05) is 12.2 Å². The topological polar surface area (TPSA) is 0 Å². The standard InChI is InChI=1S/C16H12Cl/c17-14-8-3-7-13(11-14)16-10-4-6-12-5-1-2-9-15(12)16/h1-10H,11H2. The van der Waals surface area contributed by atoms with Crippen LogP contribution >= 0.6 is 11.6 Å². The molecule has 2 aromatic carbocycles. The first-order valence-corrected chi connectivity index (χ1v) is 6.09. The normalized spacial score (nSPS) is 16.2. The molecule has 1 aliphatic carbocycles. The number of rotatable bonds is 1. The lowest BCUT2D eigenvalue weighted by molar-refractivity contribution is 1.08. The molecule has 1 heteroatoms. The van der Waals surface area contributed by atoms with E-state index in [4.69, 9.17) is 11.6 Å². The van der Waals surface area contributed by atoms with Crippen molar-refractivity contribution in [3.05, 3.63) is 77.2 Å². The van der Waals surface area contributed by atoms with Crippen LogP contribution in [0.1, 0.15) is 12.0 Å². The summed E-state index contributed by atoms with van der Waals surface area (Å²) in [5.41, 5.74) is 1.28. The molecule has 17 heavy (non-hydrogen) atoms. The molecule has 0 saturated heterocycles. The second-order valence-corrected chi connectivity index (χ2v) is 4.69. The minimum atomic E-state index is 0.825. The van der Waals surface area contributed by atoms with Gasteiger partial charge in [-0.15, -0.1) is 0 Å². The summed E-state index contributed by atoms with van der Waals surface area (Å²) in [5.74, 6) is 1.29. The van der Waals surface area contributed by atoms with Crippen molar-refractivity contribution in [1.82, 2.24) is 0 Å². The summed E-state index contributed by atoms with van der Waals surface area (Å²) >= 11 is 6.10. The molecule has 0 aliphatic heterocycles. The second-order valence-electron chi connectivity index (χ2n) is 4.20. The van der Waals surface area contributed by atoms with E-state index in [1.54, 1.807) is 0 Å². The Morgan fingerprint density at radius 1 is 0.941 bits per heavy atom. The van der Waals surface area contributed by atoms with Gasteiger partial charge in [0.2, 0.25) is 0 Å². The Morgan fingerprint density at radius 2 is 1.76 bits per heavy atom. The number of benzene rings is 2. The molecule has 83 valence electrons. The van der Waals surface area contributed by atoms with E-state index in [1.165, 1.54) is 22.3 Å². The zero-order valence-corrected chi connectivity index (χ0v) is 10.1. The van der Waals surface area contributed by atoms with E-state index in [2.05, 4.69) is 48.5 Å². The highest BCUT2D eigenvalue weighted by atomic mass is 35.5. The molecule has 3 rings (SSSR count). The quantitative estimate of drug-likeness (QED) is 0.668. The zero-order chi connectivity index (χ0) is 11.7. The Bertz CT molecular complexity index is 602. The van der Waals surface area contributed by atoms with Crippen molar-refractivity contribution in [2.45, 2.75) is 6.42 Å². The van der Waals surface area contributed by atoms with Gasteiger partial charge in [-0.2, -0.15) is 0 Å². The summed E-state index contributed by atoms with van der Waals surface area (Å²) in [6, 6.07) is 14.9. The molecule has 0 nitrogen and oxygen atoms in total. The predicted octanol–water partition coefficient (Wildman–Crippen LogP) is 4.84. The molecule has 0 spiro atoms. The van der Waals surface area contributed by atoms with Crippen LogP contribution in [0.5, 0.6) is 0 Å². The molecule has 1 radical (unpaired) electrons. The maximum atomic E-state index is 6.10. The highest BCUT2D eigenvalue weighted by Crippen LogP contribution is 2.33. The number of hydrogen-bond acceptors (Lipinski definition) is 0. The van der Waals surface area contributed by atoms with Gasteiger partial charge in [-0.05, 0) is 28.8 Å². The minimum absolute atomic E-state index is 0.825. The molecule has 0 N–H and O–H groups in total. The summed E-state index contributed by atoms with van der Waals surface area (Å²) in [6.45, 7) is 0. The van der Waals surface area contributed by atoms with Gasteiger partial charge >= 0.3 is 0 Å². The van der Waals surface area contributed by atoms with Crippen LogP contribution in [0.2, 0.25) is 0 Å². The molecule has 0 unspecified atom stereocenters. The van der Waals surface area contributed by atoms with Crippen molar-refractivity contribution in [2.24, 2.45) is 0 Å². The number of halogens is 1. The lowest BCUT2D eigenvalue weighted by Gasteiger charge is -2.17. The number of allylic oxidation sites excluding steroid dienone is 4. The Morgan fingerprint density at radius 3 is 2.65 bits per heavy atom. The average molecular weight is 240 g/mol. The molecule has 0 aromatic heterocycles. The molecule has 0 atom stereocenters. The summed E-state index contributed by atoms with van der Waals surface area (Å²) in [6.07, 6.45) is 6.94.